The number of nitrogens with zero attached hydrogens (tertiary/aromatic N) is 1. The minimum absolute atomic E-state index is 0.173. The number of hydrogen-bond donors (Lipinski definition) is 2. The van der Waals surface area contributed by atoms with Gasteiger partial charge in [0, 0.05) is 31.6 Å². The molecule has 0 atom stereocenters. The molecule has 3 heterocycles. The van der Waals surface area contributed by atoms with E-state index >= 15 is 0 Å². The van der Waals surface area contributed by atoms with E-state index in [1.807, 2.05) is 17.5 Å². The number of carbonyl (C=O) groups is 1. The third-order valence-corrected chi connectivity index (χ3v) is 3.81. The first-order valence-electron chi connectivity index (χ1n) is 5.82. The normalized spacial score (nSPS) is 15.3. The molecule has 3 rings (SSSR count). The Labute approximate surface area is 108 Å². The molecule has 18 heavy (non-hydrogen) atoms. The fourth-order valence-corrected chi connectivity index (χ4v) is 2.41. The summed E-state index contributed by atoms with van der Waals surface area (Å²) < 4.78 is 5.16. The SMILES string of the molecule is O=C(NCC1CNC1)c1cc(-c2cccs2)on1. The molecule has 2 aromatic heterocycles. The van der Waals surface area contributed by atoms with E-state index in [-0.39, 0.29) is 5.91 Å². The lowest BCUT2D eigenvalue weighted by Crippen LogP contribution is -2.48. The maximum Gasteiger partial charge on any atom is 0.273 e. The summed E-state index contributed by atoms with van der Waals surface area (Å²) in [6, 6.07) is 5.55. The van der Waals surface area contributed by atoms with E-state index < -0.39 is 0 Å². The molecule has 0 bridgehead atoms. The zero-order valence-electron chi connectivity index (χ0n) is 9.68. The molecule has 0 radical (unpaired) electrons. The molecule has 5 nitrogen and oxygen atoms in total. The van der Waals surface area contributed by atoms with Crippen molar-refractivity contribution in [3.8, 4) is 10.6 Å². The topological polar surface area (TPSA) is 67.2 Å². The van der Waals surface area contributed by atoms with Gasteiger partial charge in [0.05, 0.1) is 4.88 Å². The Kier molecular flexibility index (Phi) is 3.12. The van der Waals surface area contributed by atoms with Crippen LogP contribution >= 0.6 is 11.3 Å². The summed E-state index contributed by atoms with van der Waals surface area (Å²) >= 11 is 1.56. The van der Waals surface area contributed by atoms with Crippen LogP contribution in [0.25, 0.3) is 10.6 Å². The van der Waals surface area contributed by atoms with Crippen LogP contribution < -0.4 is 10.6 Å². The number of thiophene rings is 1. The lowest BCUT2D eigenvalue weighted by atomic mass is 10.0. The number of rotatable bonds is 4. The first-order chi connectivity index (χ1) is 8.83. The Morgan fingerprint density at radius 1 is 1.61 bits per heavy atom. The van der Waals surface area contributed by atoms with Crippen molar-refractivity contribution in [2.45, 2.75) is 0 Å². The van der Waals surface area contributed by atoms with Crippen LogP contribution in [0, 0.1) is 5.92 Å². The first kappa shape index (κ1) is 11.4. The van der Waals surface area contributed by atoms with Crippen LogP contribution in [-0.2, 0) is 0 Å². The van der Waals surface area contributed by atoms with Gasteiger partial charge in [0.25, 0.3) is 5.91 Å². The van der Waals surface area contributed by atoms with Crippen molar-refractivity contribution < 1.29 is 9.32 Å². The van der Waals surface area contributed by atoms with Crippen molar-refractivity contribution in [1.29, 1.82) is 0 Å². The Hall–Kier alpha value is -1.66. The number of aromatic nitrogens is 1. The van der Waals surface area contributed by atoms with Crippen molar-refractivity contribution in [2.24, 2.45) is 5.92 Å². The highest BCUT2D eigenvalue weighted by Crippen LogP contribution is 2.24. The van der Waals surface area contributed by atoms with Gasteiger partial charge >= 0.3 is 0 Å². The minimum atomic E-state index is -0.173. The summed E-state index contributed by atoms with van der Waals surface area (Å²) in [5.41, 5.74) is 0.339. The summed E-state index contributed by atoms with van der Waals surface area (Å²) in [6.45, 7) is 2.63. The molecule has 1 saturated heterocycles. The monoisotopic (exact) mass is 263 g/mol. The summed E-state index contributed by atoms with van der Waals surface area (Å²) in [5.74, 6) is 1.01. The molecule has 1 aliphatic heterocycles. The average Bonchev–Trinajstić information content (AvgIpc) is 2.97. The van der Waals surface area contributed by atoms with E-state index in [0.29, 0.717) is 23.9 Å². The molecular weight excluding hydrogens is 250 g/mol. The van der Waals surface area contributed by atoms with Gasteiger partial charge in [0.2, 0.25) is 0 Å². The molecule has 1 amide bonds. The number of hydrogen-bond acceptors (Lipinski definition) is 5. The van der Waals surface area contributed by atoms with Gasteiger partial charge in [-0.1, -0.05) is 11.2 Å². The molecule has 0 unspecified atom stereocenters. The Morgan fingerprint density at radius 2 is 2.50 bits per heavy atom. The minimum Gasteiger partial charge on any atom is -0.355 e. The molecule has 1 aliphatic rings. The number of amides is 1. The maximum absolute atomic E-state index is 11.8. The van der Waals surface area contributed by atoms with Gasteiger partial charge in [0.15, 0.2) is 11.5 Å². The highest BCUT2D eigenvalue weighted by Gasteiger charge is 2.19. The van der Waals surface area contributed by atoms with E-state index in [1.54, 1.807) is 17.4 Å². The fraction of sp³-hybridized carbons (Fsp3) is 0.333. The quantitative estimate of drug-likeness (QED) is 0.874. The highest BCUT2D eigenvalue weighted by molar-refractivity contribution is 7.13. The van der Waals surface area contributed by atoms with Crippen molar-refractivity contribution in [3.63, 3.8) is 0 Å². The first-order valence-corrected chi connectivity index (χ1v) is 6.70. The maximum atomic E-state index is 11.8. The second kappa shape index (κ2) is 4.91. The lowest BCUT2D eigenvalue weighted by molar-refractivity contribution is 0.0933. The standard InChI is InChI=1S/C12H13N3O2S/c16-12(14-7-8-5-13-6-8)9-4-10(17-15-9)11-2-1-3-18-11/h1-4,8,13H,5-7H2,(H,14,16). The molecule has 2 aromatic rings. The van der Waals surface area contributed by atoms with Crippen LogP contribution in [0.2, 0.25) is 0 Å². The van der Waals surface area contributed by atoms with Crippen molar-refractivity contribution in [1.82, 2.24) is 15.8 Å². The number of carbonyl (C=O) groups excluding carboxylic acids is 1. The van der Waals surface area contributed by atoms with Crippen LogP contribution in [0.4, 0.5) is 0 Å². The van der Waals surface area contributed by atoms with E-state index in [1.165, 1.54) is 0 Å². The molecule has 1 fully saturated rings. The molecule has 0 spiro atoms. The lowest BCUT2D eigenvalue weighted by Gasteiger charge is -2.26. The predicted molar refractivity (Wildman–Crippen MR) is 68.5 cm³/mol. The molecule has 0 saturated carbocycles. The van der Waals surface area contributed by atoms with Crippen LogP contribution in [0.1, 0.15) is 10.5 Å². The van der Waals surface area contributed by atoms with Crippen LogP contribution in [0.5, 0.6) is 0 Å². The molecule has 0 aromatic carbocycles. The van der Waals surface area contributed by atoms with Gasteiger partial charge in [0.1, 0.15) is 0 Å². The van der Waals surface area contributed by atoms with E-state index in [9.17, 15) is 4.79 Å². The zero-order valence-corrected chi connectivity index (χ0v) is 10.5. The summed E-state index contributed by atoms with van der Waals surface area (Å²) in [5, 5.41) is 11.8. The van der Waals surface area contributed by atoms with Crippen LogP contribution in [0.15, 0.2) is 28.1 Å². The summed E-state index contributed by atoms with van der Waals surface area (Å²) in [4.78, 5) is 12.8. The second-order valence-corrected chi connectivity index (χ2v) is 5.24. The Morgan fingerprint density at radius 3 is 3.17 bits per heavy atom. The molecule has 6 heteroatoms. The van der Waals surface area contributed by atoms with Gasteiger partial charge in [-0.15, -0.1) is 11.3 Å². The van der Waals surface area contributed by atoms with Crippen LogP contribution in [-0.4, -0.2) is 30.7 Å². The molecule has 2 N–H and O–H groups in total. The van der Waals surface area contributed by atoms with E-state index in [2.05, 4.69) is 15.8 Å². The smallest absolute Gasteiger partial charge is 0.273 e. The van der Waals surface area contributed by atoms with E-state index in [4.69, 9.17) is 4.52 Å². The molecule has 0 aliphatic carbocycles. The van der Waals surface area contributed by atoms with Gasteiger partial charge in [-0.3, -0.25) is 4.79 Å². The van der Waals surface area contributed by atoms with Gasteiger partial charge in [-0.2, -0.15) is 0 Å². The number of nitrogens with one attached hydrogen (secondary N) is 2. The Balaban J connectivity index is 1.63. The zero-order chi connectivity index (χ0) is 12.4. The summed E-state index contributed by atoms with van der Waals surface area (Å²) in [6.07, 6.45) is 0. The third kappa shape index (κ3) is 2.30. The van der Waals surface area contributed by atoms with Gasteiger partial charge in [-0.05, 0) is 11.4 Å². The Bertz CT molecular complexity index is 531. The van der Waals surface area contributed by atoms with Crippen LogP contribution in [0.3, 0.4) is 0 Å². The second-order valence-electron chi connectivity index (χ2n) is 4.29. The average molecular weight is 263 g/mol. The van der Waals surface area contributed by atoms with Crippen molar-refractivity contribution in [2.75, 3.05) is 19.6 Å². The molecule has 94 valence electrons. The highest BCUT2D eigenvalue weighted by atomic mass is 32.1. The fourth-order valence-electron chi connectivity index (χ4n) is 1.74. The molecular formula is C12H13N3O2S. The van der Waals surface area contributed by atoms with Gasteiger partial charge in [-0.25, -0.2) is 0 Å². The summed E-state index contributed by atoms with van der Waals surface area (Å²) in [7, 11) is 0. The largest absolute Gasteiger partial charge is 0.355 e. The van der Waals surface area contributed by atoms with E-state index in [0.717, 1.165) is 18.0 Å². The van der Waals surface area contributed by atoms with Crippen molar-refractivity contribution in [3.05, 3.63) is 29.3 Å². The predicted octanol–water partition coefficient (Wildman–Crippen LogP) is 1.35. The third-order valence-electron chi connectivity index (χ3n) is 2.92. The van der Waals surface area contributed by atoms with Gasteiger partial charge < -0.3 is 15.2 Å². The van der Waals surface area contributed by atoms with Crippen molar-refractivity contribution >= 4 is 17.2 Å².